The highest BCUT2D eigenvalue weighted by Crippen LogP contribution is 2.17. The number of urea groups is 1. The molecule has 0 aliphatic carbocycles. The van der Waals surface area contributed by atoms with Gasteiger partial charge in [0.05, 0.1) is 11.5 Å². The van der Waals surface area contributed by atoms with Gasteiger partial charge in [0.15, 0.2) is 9.84 Å². The smallest absolute Gasteiger partial charge is 0.317 e. The second-order valence-electron chi connectivity index (χ2n) is 5.80. The number of amides is 3. The molecular formula is C13H23N3O4S. The molecule has 0 aromatic carbocycles. The molecule has 0 aromatic heterocycles. The third-order valence-corrected chi connectivity index (χ3v) is 5.93. The summed E-state index contributed by atoms with van der Waals surface area (Å²) in [6.45, 7) is 4.33. The largest absolute Gasteiger partial charge is 0.341 e. The first-order valence-electron chi connectivity index (χ1n) is 7.36. The first-order valence-corrected chi connectivity index (χ1v) is 9.18. The molecule has 2 aliphatic heterocycles. The monoisotopic (exact) mass is 317 g/mol. The molecule has 0 unspecified atom stereocenters. The minimum absolute atomic E-state index is 0.0275. The van der Waals surface area contributed by atoms with Crippen molar-refractivity contribution in [2.75, 3.05) is 44.2 Å². The lowest BCUT2D eigenvalue weighted by Gasteiger charge is -2.22. The Labute approximate surface area is 125 Å². The lowest BCUT2D eigenvalue weighted by Crippen LogP contribution is -2.44. The predicted molar refractivity (Wildman–Crippen MR) is 78.6 cm³/mol. The molecule has 2 saturated heterocycles. The van der Waals surface area contributed by atoms with Crippen LogP contribution in [0.25, 0.3) is 0 Å². The molecule has 2 heterocycles. The van der Waals surface area contributed by atoms with E-state index in [0.717, 1.165) is 6.42 Å². The zero-order chi connectivity index (χ0) is 15.5. The maximum atomic E-state index is 12.1. The lowest BCUT2D eigenvalue weighted by atomic mass is 10.1. The molecule has 2 aliphatic rings. The minimum Gasteiger partial charge on any atom is -0.341 e. The van der Waals surface area contributed by atoms with Gasteiger partial charge in [0.1, 0.15) is 0 Å². The third-order valence-electron chi connectivity index (χ3n) is 4.10. The Bertz CT molecular complexity index is 506. The molecule has 0 saturated carbocycles. The van der Waals surface area contributed by atoms with Gasteiger partial charge in [-0.05, 0) is 18.8 Å². The average Bonchev–Trinajstić information content (AvgIpc) is 2.64. The first-order chi connectivity index (χ1) is 9.87. The summed E-state index contributed by atoms with van der Waals surface area (Å²) in [6.07, 6.45) is 1.39. The van der Waals surface area contributed by atoms with E-state index < -0.39 is 9.84 Å². The van der Waals surface area contributed by atoms with Crippen LogP contribution in [0.1, 0.15) is 19.8 Å². The minimum atomic E-state index is -2.90. The van der Waals surface area contributed by atoms with Crippen LogP contribution in [0.15, 0.2) is 0 Å². The summed E-state index contributed by atoms with van der Waals surface area (Å²) >= 11 is 0. The highest BCUT2D eigenvalue weighted by molar-refractivity contribution is 7.91. The van der Waals surface area contributed by atoms with Gasteiger partial charge in [-0.25, -0.2) is 13.2 Å². The Balaban J connectivity index is 1.77. The van der Waals surface area contributed by atoms with Gasteiger partial charge < -0.3 is 15.1 Å². The highest BCUT2D eigenvalue weighted by Gasteiger charge is 2.28. The van der Waals surface area contributed by atoms with Crippen molar-refractivity contribution in [1.29, 1.82) is 0 Å². The van der Waals surface area contributed by atoms with E-state index >= 15 is 0 Å². The number of nitrogens with one attached hydrogen (secondary N) is 1. The Morgan fingerprint density at radius 1 is 1.14 bits per heavy atom. The summed E-state index contributed by atoms with van der Waals surface area (Å²) < 4.78 is 22.7. The summed E-state index contributed by atoms with van der Waals surface area (Å²) in [5.41, 5.74) is 0. The van der Waals surface area contributed by atoms with Crippen LogP contribution >= 0.6 is 0 Å². The molecule has 1 atom stereocenters. The number of hydrogen-bond acceptors (Lipinski definition) is 4. The van der Waals surface area contributed by atoms with Gasteiger partial charge in [-0.2, -0.15) is 0 Å². The van der Waals surface area contributed by atoms with Crippen molar-refractivity contribution in [2.45, 2.75) is 19.8 Å². The Hall–Kier alpha value is -1.31. The SMILES string of the molecule is CC(=O)N1CCCN(C(=O)NC[C@@H]2CCS(=O)(=O)C2)CC1. The van der Waals surface area contributed by atoms with Crippen molar-refractivity contribution in [3.63, 3.8) is 0 Å². The van der Waals surface area contributed by atoms with Gasteiger partial charge >= 0.3 is 6.03 Å². The van der Waals surface area contributed by atoms with E-state index in [2.05, 4.69) is 5.32 Å². The van der Waals surface area contributed by atoms with Crippen molar-refractivity contribution < 1.29 is 18.0 Å². The van der Waals surface area contributed by atoms with Gasteiger partial charge in [-0.1, -0.05) is 0 Å². The second-order valence-corrected chi connectivity index (χ2v) is 8.03. The van der Waals surface area contributed by atoms with Crippen molar-refractivity contribution in [1.82, 2.24) is 15.1 Å². The van der Waals surface area contributed by atoms with Gasteiger partial charge in [-0.3, -0.25) is 4.79 Å². The van der Waals surface area contributed by atoms with Crippen molar-refractivity contribution >= 4 is 21.8 Å². The summed E-state index contributed by atoms with van der Waals surface area (Å²) in [4.78, 5) is 26.9. The Morgan fingerprint density at radius 2 is 1.81 bits per heavy atom. The molecule has 120 valence electrons. The van der Waals surface area contributed by atoms with Crippen LogP contribution in [-0.2, 0) is 14.6 Å². The molecule has 0 spiro atoms. The molecule has 0 radical (unpaired) electrons. The fraction of sp³-hybridized carbons (Fsp3) is 0.846. The molecule has 7 nitrogen and oxygen atoms in total. The maximum absolute atomic E-state index is 12.1. The second kappa shape index (κ2) is 6.64. The highest BCUT2D eigenvalue weighted by atomic mass is 32.2. The summed E-state index contributed by atoms with van der Waals surface area (Å²) in [7, 11) is -2.90. The zero-order valence-corrected chi connectivity index (χ0v) is 13.2. The quantitative estimate of drug-likeness (QED) is 0.756. The average molecular weight is 317 g/mol. The Kier molecular flexibility index (Phi) is 5.08. The molecule has 3 amide bonds. The predicted octanol–water partition coefficient (Wildman–Crippen LogP) is -0.315. The van der Waals surface area contributed by atoms with Gasteiger partial charge in [-0.15, -0.1) is 0 Å². The van der Waals surface area contributed by atoms with Crippen LogP contribution in [0.3, 0.4) is 0 Å². The van der Waals surface area contributed by atoms with Crippen molar-refractivity contribution in [3.05, 3.63) is 0 Å². The number of carbonyl (C=O) groups is 2. The van der Waals surface area contributed by atoms with E-state index in [1.807, 2.05) is 0 Å². The van der Waals surface area contributed by atoms with Gasteiger partial charge in [0.2, 0.25) is 5.91 Å². The fourth-order valence-electron chi connectivity index (χ4n) is 2.81. The van der Waals surface area contributed by atoms with E-state index in [0.29, 0.717) is 39.1 Å². The fourth-order valence-corrected chi connectivity index (χ4v) is 4.67. The van der Waals surface area contributed by atoms with E-state index in [4.69, 9.17) is 0 Å². The van der Waals surface area contributed by atoms with E-state index in [1.54, 1.807) is 9.80 Å². The molecule has 0 aromatic rings. The number of sulfone groups is 1. The van der Waals surface area contributed by atoms with Crippen LogP contribution in [-0.4, -0.2) is 74.4 Å². The summed E-state index contributed by atoms with van der Waals surface area (Å²) in [5, 5.41) is 2.82. The number of nitrogens with zero attached hydrogens (tertiary/aromatic N) is 2. The lowest BCUT2D eigenvalue weighted by molar-refractivity contribution is -0.128. The zero-order valence-electron chi connectivity index (χ0n) is 12.4. The molecular weight excluding hydrogens is 294 g/mol. The van der Waals surface area contributed by atoms with Gasteiger partial charge in [0, 0.05) is 39.6 Å². The van der Waals surface area contributed by atoms with Crippen LogP contribution in [0, 0.1) is 5.92 Å². The molecule has 21 heavy (non-hydrogen) atoms. The molecule has 2 fully saturated rings. The van der Waals surface area contributed by atoms with Crippen LogP contribution in [0.4, 0.5) is 4.79 Å². The molecule has 2 rings (SSSR count). The Morgan fingerprint density at radius 3 is 2.43 bits per heavy atom. The third kappa shape index (κ3) is 4.59. The normalized spacial score (nSPS) is 25.5. The van der Waals surface area contributed by atoms with Crippen LogP contribution in [0.5, 0.6) is 0 Å². The number of hydrogen-bond donors (Lipinski definition) is 1. The standard InChI is InChI=1S/C13H23N3O4S/c1-11(17)15-4-2-5-16(7-6-15)13(18)14-9-12-3-8-21(19,20)10-12/h12H,2-10H2,1H3,(H,14,18)/t12-/m0/s1. The molecule has 1 N–H and O–H groups in total. The van der Waals surface area contributed by atoms with Crippen molar-refractivity contribution in [3.8, 4) is 0 Å². The number of carbonyl (C=O) groups excluding carboxylic acids is 2. The van der Waals surface area contributed by atoms with Crippen molar-refractivity contribution in [2.24, 2.45) is 5.92 Å². The molecule has 0 bridgehead atoms. The van der Waals surface area contributed by atoms with Gasteiger partial charge in [0.25, 0.3) is 0 Å². The number of rotatable bonds is 2. The summed E-state index contributed by atoms with van der Waals surface area (Å²) in [6, 6.07) is -0.162. The topological polar surface area (TPSA) is 86.8 Å². The van der Waals surface area contributed by atoms with Crippen LogP contribution < -0.4 is 5.32 Å². The van der Waals surface area contributed by atoms with E-state index in [9.17, 15) is 18.0 Å². The van der Waals surface area contributed by atoms with Crippen LogP contribution in [0.2, 0.25) is 0 Å². The molecule has 8 heteroatoms. The van der Waals surface area contributed by atoms with E-state index in [1.165, 1.54) is 6.92 Å². The summed E-state index contributed by atoms with van der Waals surface area (Å²) in [5.74, 6) is 0.462. The van der Waals surface area contributed by atoms with E-state index in [-0.39, 0.29) is 29.4 Å². The first kappa shape index (κ1) is 16.1. The maximum Gasteiger partial charge on any atom is 0.317 e.